The topological polar surface area (TPSA) is 64.4 Å². The van der Waals surface area contributed by atoms with Crippen molar-refractivity contribution in [1.82, 2.24) is 5.32 Å². The fourth-order valence-electron chi connectivity index (χ4n) is 4.86. The summed E-state index contributed by atoms with van der Waals surface area (Å²) in [6.07, 6.45) is 6.74. The Hall–Kier alpha value is -0.610. The first-order valence-corrected chi connectivity index (χ1v) is 8.55. The van der Waals surface area contributed by atoms with Gasteiger partial charge in [-0.3, -0.25) is 4.79 Å². The third-order valence-corrected chi connectivity index (χ3v) is 6.20. The average molecular weight is 294 g/mol. The highest BCUT2D eigenvalue weighted by Gasteiger charge is 2.58. The zero-order chi connectivity index (χ0) is 15.3. The Balaban J connectivity index is 1.67. The van der Waals surface area contributed by atoms with E-state index >= 15 is 0 Å². The summed E-state index contributed by atoms with van der Waals surface area (Å²) in [6, 6.07) is 0.244. The molecule has 0 aromatic rings. The van der Waals surface area contributed by atoms with Gasteiger partial charge in [-0.2, -0.15) is 0 Å². The number of fused-ring (bicyclic) bond motifs is 1. The summed E-state index contributed by atoms with van der Waals surface area (Å²) >= 11 is 0. The number of amides is 1. The van der Waals surface area contributed by atoms with Crippen LogP contribution in [0.4, 0.5) is 0 Å². The van der Waals surface area contributed by atoms with Crippen molar-refractivity contribution >= 4 is 5.91 Å². The first kappa shape index (κ1) is 15.3. The fraction of sp³-hybridized carbons (Fsp3) is 0.941. The van der Waals surface area contributed by atoms with Crippen LogP contribution in [0.2, 0.25) is 0 Å². The molecule has 0 aromatic carbocycles. The highest BCUT2D eigenvalue weighted by atomic mass is 16.5. The summed E-state index contributed by atoms with van der Waals surface area (Å²) in [4.78, 5) is 12.7. The minimum atomic E-state index is -0.349. The van der Waals surface area contributed by atoms with Crippen LogP contribution in [-0.2, 0) is 9.53 Å². The third kappa shape index (κ3) is 2.50. The highest BCUT2D eigenvalue weighted by molar-refractivity contribution is 5.80. The van der Waals surface area contributed by atoms with Gasteiger partial charge in [-0.15, -0.1) is 0 Å². The van der Waals surface area contributed by atoms with Gasteiger partial charge in [0.2, 0.25) is 5.91 Å². The van der Waals surface area contributed by atoms with Crippen molar-refractivity contribution in [2.24, 2.45) is 23.0 Å². The largest absolute Gasteiger partial charge is 0.377 e. The lowest BCUT2D eigenvalue weighted by Gasteiger charge is -2.60. The first-order valence-electron chi connectivity index (χ1n) is 8.55. The molecule has 0 spiro atoms. The number of ether oxygens (including phenoxy) is 1. The van der Waals surface area contributed by atoms with Crippen LogP contribution < -0.4 is 11.1 Å². The molecule has 3 fully saturated rings. The second-order valence-corrected chi connectivity index (χ2v) is 8.21. The van der Waals surface area contributed by atoms with Gasteiger partial charge in [0, 0.05) is 29.5 Å². The third-order valence-electron chi connectivity index (χ3n) is 6.20. The van der Waals surface area contributed by atoms with E-state index in [1.54, 1.807) is 0 Å². The molecular weight excluding hydrogens is 264 g/mol. The van der Waals surface area contributed by atoms with E-state index in [9.17, 15) is 4.79 Å². The molecule has 0 bridgehead atoms. The van der Waals surface area contributed by atoms with Gasteiger partial charge in [0.1, 0.15) is 0 Å². The van der Waals surface area contributed by atoms with Crippen molar-refractivity contribution < 1.29 is 9.53 Å². The van der Waals surface area contributed by atoms with Crippen molar-refractivity contribution in [3.05, 3.63) is 0 Å². The second kappa shape index (κ2) is 5.24. The van der Waals surface area contributed by atoms with Crippen LogP contribution >= 0.6 is 0 Å². The summed E-state index contributed by atoms with van der Waals surface area (Å²) in [5, 5.41) is 3.33. The van der Waals surface area contributed by atoms with Crippen molar-refractivity contribution in [1.29, 1.82) is 0 Å². The molecule has 1 saturated heterocycles. The van der Waals surface area contributed by atoms with E-state index in [4.69, 9.17) is 10.5 Å². The molecule has 0 radical (unpaired) electrons. The Labute approximate surface area is 128 Å². The molecule has 0 aromatic heterocycles. The molecule has 5 unspecified atom stereocenters. The molecule has 3 N–H and O–H groups in total. The van der Waals surface area contributed by atoms with Gasteiger partial charge in [0.15, 0.2) is 0 Å². The predicted molar refractivity (Wildman–Crippen MR) is 82.7 cm³/mol. The molecule has 4 nitrogen and oxygen atoms in total. The maximum atomic E-state index is 12.7. The van der Waals surface area contributed by atoms with E-state index in [2.05, 4.69) is 19.2 Å². The van der Waals surface area contributed by atoms with Gasteiger partial charge in [0.25, 0.3) is 0 Å². The van der Waals surface area contributed by atoms with Gasteiger partial charge < -0.3 is 15.8 Å². The normalized spacial score (nSPS) is 45.3. The molecule has 5 atom stereocenters. The van der Waals surface area contributed by atoms with E-state index in [0.717, 1.165) is 38.7 Å². The molecule has 120 valence electrons. The van der Waals surface area contributed by atoms with E-state index in [-0.39, 0.29) is 28.8 Å². The highest BCUT2D eigenvalue weighted by Crippen LogP contribution is 2.51. The van der Waals surface area contributed by atoms with Crippen molar-refractivity contribution in [3.8, 4) is 0 Å². The van der Waals surface area contributed by atoms with Crippen LogP contribution in [0.3, 0.4) is 0 Å². The van der Waals surface area contributed by atoms with Gasteiger partial charge in [-0.1, -0.05) is 26.7 Å². The standard InChI is InChI=1S/C17H30N2O2/c1-16(2)13(11-7-6-10-21-14(11)16)19-15(20)12-8-4-5-9-17(12,3)18/h11-14H,4-10,18H2,1-3H3,(H,19,20). The summed E-state index contributed by atoms with van der Waals surface area (Å²) in [6.45, 7) is 7.34. The SMILES string of the molecule is CC1(N)CCCCC1C(=O)NC1C2CCCOC2C1(C)C. The number of carbonyl (C=O) groups excluding carboxylic acids is 1. The van der Waals surface area contributed by atoms with E-state index < -0.39 is 0 Å². The second-order valence-electron chi connectivity index (χ2n) is 8.21. The molecule has 3 rings (SSSR count). The van der Waals surface area contributed by atoms with Gasteiger partial charge in [-0.25, -0.2) is 0 Å². The summed E-state index contributed by atoms with van der Waals surface area (Å²) in [5.74, 6) is 0.623. The van der Waals surface area contributed by atoms with Crippen LogP contribution in [0, 0.1) is 17.3 Å². The molecule has 1 heterocycles. The van der Waals surface area contributed by atoms with Crippen molar-refractivity contribution in [2.75, 3.05) is 6.61 Å². The number of nitrogens with one attached hydrogen (secondary N) is 1. The fourth-order valence-corrected chi connectivity index (χ4v) is 4.86. The molecule has 3 aliphatic rings. The van der Waals surface area contributed by atoms with Crippen LogP contribution in [0.15, 0.2) is 0 Å². The molecule has 4 heteroatoms. The van der Waals surface area contributed by atoms with Crippen molar-refractivity contribution in [2.45, 2.75) is 77.0 Å². The first-order chi connectivity index (χ1) is 9.84. The molecule has 2 saturated carbocycles. The molecule has 1 amide bonds. The lowest BCUT2D eigenvalue weighted by atomic mass is 9.55. The van der Waals surface area contributed by atoms with Crippen LogP contribution in [0.5, 0.6) is 0 Å². The Morgan fingerprint density at radius 2 is 1.95 bits per heavy atom. The molecule has 1 aliphatic heterocycles. The Morgan fingerprint density at radius 1 is 1.19 bits per heavy atom. The minimum absolute atomic E-state index is 0.0365. The monoisotopic (exact) mass is 294 g/mol. The lowest BCUT2D eigenvalue weighted by Crippen LogP contribution is -2.71. The van der Waals surface area contributed by atoms with E-state index in [1.807, 2.05) is 6.92 Å². The number of hydrogen-bond donors (Lipinski definition) is 2. The zero-order valence-corrected chi connectivity index (χ0v) is 13.7. The summed E-state index contributed by atoms with van der Waals surface area (Å²) in [7, 11) is 0. The summed E-state index contributed by atoms with van der Waals surface area (Å²) < 4.78 is 5.91. The summed E-state index contributed by atoms with van der Waals surface area (Å²) in [5.41, 5.74) is 6.07. The lowest BCUT2D eigenvalue weighted by molar-refractivity contribution is -0.195. The van der Waals surface area contributed by atoms with Gasteiger partial charge >= 0.3 is 0 Å². The van der Waals surface area contributed by atoms with E-state index in [1.165, 1.54) is 6.42 Å². The van der Waals surface area contributed by atoms with Crippen LogP contribution in [0.25, 0.3) is 0 Å². The predicted octanol–water partition coefficient (Wildman–Crippen LogP) is 2.21. The number of nitrogens with two attached hydrogens (primary N) is 1. The zero-order valence-electron chi connectivity index (χ0n) is 13.7. The molecule has 21 heavy (non-hydrogen) atoms. The number of rotatable bonds is 2. The van der Waals surface area contributed by atoms with Gasteiger partial charge in [-0.05, 0) is 32.6 Å². The van der Waals surface area contributed by atoms with Crippen LogP contribution in [-0.4, -0.2) is 30.2 Å². The molecule has 2 aliphatic carbocycles. The minimum Gasteiger partial charge on any atom is -0.377 e. The van der Waals surface area contributed by atoms with E-state index in [0.29, 0.717) is 12.0 Å². The number of hydrogen-bond acceptors (Lipinski definition) is 3. The van der Waals surface area contributed by atoms with Crippen LogP contribution in [0.1, 0.15) is 59.3 Å². The quantitative estimate of drug-likeness (QED) is 0.820. The smallest absolute Gasteiger partial charge is 0.225 e. The Morgan fingerprint density at radius 3 is 2.67 bits per heavy atom. The Kier molecular flexibility index (Phi) is 3.81. The maximum Gasteiger partial charge on any atom is 0.225 e. The molecular formula is C17H30N2O2. The average Bonchev–Trinajstić information content (AvgIpc) is 2.44. The maximum absolute atomic E-state index is 12.7. The Bertz CT molecular complexity index is 419. The number of carbonyl (C=O) groups is 1. The van der Waals surface area contributed by atoms with Gasteiger partial charge in [0.05, 0.1) is 12.0 Å². The van der Waals surface area contributed by atoms with Crippen molar-refractivity contribution in [3.63, 3.8) is 0 Å².